The van der Waals surface area contributed by atoms with Crippen molar-refractivity contribution in [1.29, 1.82) is 0 Å². The van der Waals surface area contributed by atoms with Crippen LogP contribution in [-0.4, -0.2) is 12.6 Å². The monoisotopic (exact) mass is 236 g/mol. The lowest BCUT2D eigenvalue weighted by Crippen LogP contribution is -2.05. The van der Waals surface area contributed by atoms with Crippen molar-refractivity contribution in [1.82, 2.24) is 0 Å². The first-order valence-corrected chi connectivity index (χ1v) is 6.11. The molecule has 0 spiro atoms. The highest BCUT2D eigenvalue weighted by atomic mass is 16.5. The summed E-state index contributed by atoms with van der Waals surface area (Å²) in [5.41, 5.74) is 3.15. The summed E-state index contributed by atoms with van der Waals surface area (Å²) in [7, 11) is 0. The normalized spacial score (nSPS) is 10.9. The van der Waals surface area contributed by atoms with E-state index in [-0.39, 0.29) is 5.97 Å². The van der Waals surface area contributed by atoms with Crippen LogP contribution in [0, 0.1) is 0 Å². The third kappa shape index (κ3) is 8.49. The third-order valence-corrected chi connectivity index (χ3v) is 2.35. The summed E-state index contributed by atoms with van der Waals surface area (Å²) in [6, 6.07) is 0. The summed E-state index contributed by atoms with van der Waals surface area (Å²) in [5, 5.41) is 0. The Labute approximate surface area is 105 Å². The molecule has 0 amide bonds. The van der Waals surface area contributed by atoms with Crippen molar-refractivity contribution in [2.75, 3.05) is 6.61 Å². The molecule has 0 saturated carbocycles. The van der Waals surface area contributed by atoms with E-state index < -0.39 is 0 Å². The minimum atomic E-state index is -0.291. The first-order valence-electron chi connectivity index (χ1n) is 6.11. The van der Waals surface area contributed by atoms with Gasteiger partial charge in [-0.15, -0.1) is 0 Å². The van der Waals surface area contributed by atoms with E-state index in [2.05, 4.69) is 39.5 Å². The molecule has 0 aromatic heterocycles. The number of carbonyl (C=O) groups is 1. The molecule has 17 heavy (non-hydrogen) atoms. The van der Waals surface area contributed by atoms with Crippen molar-refractivity contribution < 1.29 is 9.53 Å². The van der Waals surface area contributed by atoms with E-state index in [4.69, 9.17) is 4.74 Å². The van der Waals surface area contributed by atoms with E-state index in [9.17, 15) is 4.79 Å². The maximum Gasteiger partial charge on any atom is 0.333 e. The minimum Gasteiger partial charge on any atom is -0.463 e. The van der Waals surface area contributed by atoms with Crippen molar-refractivity contribution in [3.8, 4) is 0 Å². The van der Waals surface area contributed by atoms with Crippen LogP contribution in [0.1, 0.15) is 47.0 Å². The van der Waals surface area contributed by atoms with Crippen LogP contribution in [-0.2, 0) is 9.53 Å². The Kier molecular flexibility index (Phi) is 8.12. The molecule has 0 aliphatic rings. The zero-order valence-corrected chi connectivity index (χ0v) is 11.5. The van der Waals surface area contributed by atoms with E-state index in [1.54, 1.807) is 6.92 Å². The zero-order chi connectivity index (χ0) is 13.3. The number of hydrogen-bond acceptors (Lipinski definition) is 2. The second kappa shape index (κ2) is 8.80. The van der Waals surface area contributed by atoms with Gasteiger partial charge in [-0.1, -0.05) is 29.9 Å². The van der Waals surface area contributed by atoms with E-state index in [0.717, 1.165) is 12.8 Å². The van der Waals surface area contributed by atoms with Crippen molar-refractivity contribution in [2.45, 2.75) is 47.0 Å². The van der Waals surface area contributed by atoms with Gasteiger partial charge in [0, 0.05) is 5.57 Å². The molecule has 0 aromatic carbocycles. The Balaban J connectivity index is 4.02. The second-order valence-corrected chi connectivity index (χ2v) is 4.40. The molecule has 0 aliphatic heterocycles. The van der Waals surface area contributed by atoms with Crippen LogP contribution in [0.2, 0.25) is 0 Å². The molecule has 0 aromatic rings. The smallest absolute Gasteiger partial charge is 0.333 e. The van der Waals surface area contributed by atoms with Crippen LogP contribution in [0.3, 0.4) is 0 Å². The number of esters is 1. The largest absolute Gasteiger partial charge is 0.463 e. The van der Waals surface area contributed by atoms with Crippen LogP contribution < -0.4 is 0 Å². The molecular formula is C15H24O2. The lowest BCUT2D eigenvalue weighted by molar-refractivity contribution is -0.138. The maximum atomic E-state index is 11.3. The Morgan fingerprint density at radius 3 is 2.41 bits per heavy atom. The van der Waals surface area contributed by atoms with Crippen LogP contribution in [0.25, 0.3) is 0 Å². The van der Waals surface area contributed by atoms with E-state index in [0.29, 0.717) is 18.6 Å². The lowest BCUT2D eigenvalue weighted by atomic mass is 10.1. The Bertz CT molecular complexity index is 318. The van der Waals surface area contributed by atoms with Crippen molar-refractivity contribution in [3.63, 3.8) is 0 Å². The van der Waals surface area contributed by atoms with Gasteiger partial charge in [-0.25, -0.2) is 4.79 Å². The number of allylic oxidation sites excluding steroid dienone is 4. The van der Waals surface area contributed by atoms with Crippen LogP contribution in [0.4, 0.5) is 0 Å². The first-order chi connectivity index (χ1) is 7.97. The van der Waals surface area contributed by atoms with Gasteiger partial charge in [-0.2, -0.15) is 0 Å². The molecule has 0 atom stereocenters. The van der Waals surface area contributed by atoms with Gasteiger partial charge < -0.3 is 4.74 Å². The van der Waals surface area contributed by atoms with Gasteiger partial charge in [0.05, 0.1) is 6.61 Å². The summed E-state index contributed by atoms with van der Waals surface area (Å²) < 4.78 is 4.87. The topological polar surface area (TPSA) is 26.3 Å². The molecule has 96 valence electrons. The average molecular weight is 236 g/mol. The second-order valence-electron chi connectivity index (χ2n) is 4.40. The Hall–Kier alpha value is -1.31. The van der Waals surface area contributed by atoms with Crippen molar-refractivity contribution >= 4 is 5.97 Å². The number of carbonyl (C=O) groups excluding carboxylic acids is 1. The van der Waals surface area contributed by atoms with Gasteiger partial charge in [0.1, 0.15) is 0 Å². The molecule has 0 heterocycles. The fourth-order valence-corrected chi connectivity index (χ4v) is 1.30. The standard InChI is InChI=1S/C15H24O2/c1-6-17-15(16)14(5)11-10-13(4)9-7-8-12(2)3/h8,10H,5-7,9,11H2,1-4H3/b13-10+. The van der Waals surface area contributed by atoms with Crippen LogP contribution >= 0.6 is 0 Å². The summed E-state index contributed by atoms with van der Waals surface area (Å²) in [6.07, 6.45) is 6.94. The van der Waals surface area contributed by atoms with Gasteiger partial charge in [-0.05, 0) is 47.0 Å². The molecule has 0 rings (SSSR count). The third-order valence-electron chi connectivity index (χ3n) is 2.35. The maximum absolute atomic E-state index is 11.3. The minimum absolute atomic E-state index is 0.291. The summed E-state index contributed by atoms with van der Waals surface area (Å²) >= 11 is 0. The molecule has 2 nitrogen and oxygen atoms in total. The van der Waals surface area contributed by atoms with Crippen LogP contribution in [0.15, 0.2) is 35.5 Å². The Morgan fingerprint density at radius 1 is 1.24 bits per heavy atom. The van der Waals surface area contributed by atoms with Gasteiger partial charge in [0.15, 0.2) is 0 Å². The van der Waals surface area contributed by atoms with Gasteiger partial charge in [0.2, 0.25) is 0 Å². The zero-order valence-electron chi connectivity index (χ0n) is 11.5. The fraction of sp³-hybridized carbons (Fsp3) is 0.533. The van der Waals surface area contributed by atoms with E-state index in [1.807, 2.05) is 0 Å². The van der Waals surface area contributed by atoms with Crippen molar-refractivity contribution in [3.05, 3.63) is 35.5 Å². The number of hydrogen-bond donors (Lipinski definition) is 0. The summed E-state index contributed by atoms with van der Waals surface area (Å²) in [4.78, 5) is 11.3. The molecule has 0 bridgehead atoms. The number of rotatable bonds is 7. The van der Waals surface area contributed by atoms with E-state index >= 15 is 0 Å². The number of ether oxygens (including phenoxy) is 1. The summed E-state index contributed by atoms with van der Waals surface area (Å²) in [6.45, 7) is 12.2. The molecule has 0 radical (unpaired) electrons. The predicted molar refractivity (Wildman–Crippen MR) is 72.8 cm³/mol. The molecule has 0 fully saturated rings. The Morgan fingerprint density at radius 2 is 1.88 bits per heavy atom. The highest BCUT2D eigenvalue weighted by molar-refractivity contribution is 5.87. The van der Waals surface area contributed by atoms with Gasteiger partial charge in [-0.3, -0.25) is 0 Å². The predicted octanol–water partition coefficient (Wildman–Crippen LogP) is 4.19. The van der Waals surface area contributed by atoms with Crippen molar-refractivity contribution in [2.24, 2.45) is 0 Å². The van der Waals surface area contributed by atoms with E-state index in [1.165, 1.54) is 11.1 Å². The first kappa shape index (κ1) is 15.7. The quantitative estimate of drug-likeness (QED) is 0.376. The summed E-state index contributed by atoms with van der Waals surface area (Å²) in [5.74, 6) is -0.291. The molecular weight excluding hydrogens is 212 g/mol. The van der Waals surface area contributed by atoms with Gasteiger partial charge >= 0.3 is 5.97 Å². The highest BCUT2D eigenvalue weighted by Crippen LogP contribution is 2.10. The van der Waals surface area contributed by atoms with Crippen LogP contribution in [0.5, 0.6) is 0 Å². The SMILES string of the molecule is C=C(C/C=C(\C)CCC=C(C)C)C(=O)OCC. The molecule has 2 heteroatoms. The molecule has 0 aliphatic carbocycles. The fourth-order valence-electron chi connectivity index (χ4n) is 1.30. The molecule has 0 unspecified atom stereocenters. The average Bonchev–Trinajstić information content (AvgIpc) is 2.25. The lowest BCUT2D eigenvalue weighted by Gasteiger charge is -2.03. The van der Waals surface area contributed by atoms with Gasteiger partial charge in [0.25, 0.3) is 0 Å². The highest BCUT2D eigenvalue weighted by Gasteiger charge is 2.05. The molecule has 0 saturated heterocycles. The molecule has 0 N–H and O–H groups in total.